The number of rotatable bonds is 3. The first-order valence-corrected chi connectivity index (χ1v) is 3.32. The van der Waals surface area contributed by atoms with E-state index in [9.17, 15) is 9.59 Å². The van der Waals surface area contributed by atoms with Crippen molar-refractivity contribution in [3.63, 3.8) is 0 Å². The summed E-state index contributed by atoms with van der Waals surface area (Å²) in [5.74, 6) is -1.32. The Bertz CT molecular complexity index is 158. The molecule has 0 radical (unpaired) electrons. The Morgan fingerprint density at radius 1 is 1.20 bits per heavy atom. The van der Waals surface area contributed by atoms with Crippen molar-refractivity contribution in [2.24, 2.45) is 0 Å². The van der Waals surface area contributed by atoms with E-state index in [4.69, 9.17) is 5.11 Å². The van der Waals surface area contributed by atoms with E-state index < -0.39 is 12.0 Å². The summed E-state index contributed by atoms with van der Waals surface area (Å²) < 4.78 is 0. The lowest BCUT2D eigenvalue weighted by atomic mass is 10.3. The van der Waals surface area contributed by atoms with Crippen molar-refractivity contribution in [1.29, 1.82) is 0 Å². The summed E-state index contributed by atoms with van der Waals surface area (Å²) in [6, 6.07) is -0.874. The summed E-state index contributed by atoms with van der Waals surface area (Å²) in [5, 5.41) is 10.6. The topological polar surface area (TPSA) is 66.4 Å². The van der Waals surface area contributed by atoms with Crippen LogP contribution in [0.1, 0.15) is 6.92 Å². The number of hydrogen-bond donors (Lipinski definition) is 3. The van der Waals surface area contributed by atoms with Crippen molar-refractivity contribution in [2.45, 2.75) is 13.0 Å². The van der Waals surface area contributed by atoms with Gasteiger partial charge < -0.3 is 10.4 Å². The average Bonchev–Trinajstić information content (AvgIpc) is 1.81. The first-order valence-electron chi connectivity index (χ1n) is 2.68. The molecule has 0 spiro atoms. The van der Waals surface area contributed by atoms with Crippen LogP contribution < -0.4 is 5.32 Å². The number of hydrogen-bond acceptors (Lipinski definition) is 3. The summed E-state index contributed by atoms with van der Waals surface area (Å²) in [6.45, 7) is 1.26. The first-order chi connectivity index (χ1) is 4.57. The minimum absolute atomic E-state index is 0. The maximum Gasteiger partial charge on any atom is 0.327 e. The number of carbonyl (C=O) groups is 2. The molecule has 15 heavy (non-hydrogen) atoms. The number of carboxylic acid groups (broad SMARTS) is 1. The van der Waals surface area contributed by atoms with Crippen LogP contribution in [0.25, 0.3) is 0 Å². The number of nitrogens with one attached hydrogen (secondary N) is 1. The van der Waals surface area contributed by atoms with Crippen LogP contribution in [0.15, 0.2) is 0 Å². The van der Waals surface area contributed by atoms with Gasteiger partial charge in [-0.05, 0) is 0 Å². The van der Waals surface area contributed by atoms with Crippen LogP contribution in [-0.2, 0) is 9.59 Å². The molecule has 0 aliphatic heterocycles. The van der Waals surface area contributed by atoms with Crippen molar-refractivity contribution in [3.05, 3.63) is 0 Å². The summed E-state index contributed by atoms with van der Waals surface area (Å²) in [6.07, 6.45) is 0. The Hall–Kier alpha value is 1.04. The zero-order chi connectivity index (χ0) is 8.15. The third-order valence-corrected chi connectivity index (χ3v) is 1.22. The van der Waals surface area contributed by atoms with Crippen molar-refractivity contribution >= 4 is 92.0 Å². The van der Waals surface area contributed by atoms with E-state index in [0.29, 0.717) is 0 Å². The van der Waals surface area contributed by atoms with Crippen LogP contribution in [0.5, 0.6) is 0 Å². The van der Waals surface area contributed by atoms with Crippen molar-refractivity contribution in [2.75, 3.05) is 5.75 Å². The lowest BCUT2D eigenvalue weighted by Gasteiger charge is -2.08. The van der Waals surface area contributed by atoms with Crippen LogP contribution >= 0.6 is 80.1 Å². The predicted molar refractivity (Wildman–Crippen MR) is 91.0 cm³/mol. The second-order valence-electron chi connectivity index (χ2n) is 1.77. The van der Waals surface area contributed by atoms with E-state index in [0.717, 1.165) is 0 Å². The molecule has 1 atom stereocenters. The minimum Gasteiger partial charge on any atom is -0.480 e. The molecule has 0 saturated heterocycles. The maximum absolute atomic E-state index is 10.3. The number of amides is 1. The Labute approximate surface area is 130 Å². The highest BCUT2D eigenvalue weighted by Gasteiger charge is 2.14. The predicted octanol–water partition coefficient (Wildman–Crippen LogP) is 0.0695. The van der Waals surface area contributed by atoms with Gasteiger partial charge in [-0.3, -0.25) is 4.79 Å². The molecule has 0 aromatic heterocycles. The molecule has 0 aliphatic rings. The third kappa shape index (κ3) is 21.0. The molecule has 0 bridgehead atoms. The van der Waals surface area contributed by atoms with Crippen LogP contribution in [-0.4, -0.2) is 28.8 Å². The Balaban J connectivity index is -0.0000000405. The van der Waals surface area contributed by atoms with Crippen LogP contribution in [0.4, 0.5) is 0 Å². The van der Waals surface area contributed by atoms with Crippen molar-refractivity contribution < 1.29 is 14.7 Å². The fourth-order valence-electron chi connectivity index (χ4n) is 0.431. The van der Waals surface area contributed by atoms with Gasteiger partial charge in [-0.25, -0.2) is 4.79 Å². The van der Waals surface area contributed by atoms with E-state index in [1.165, 1.54) is 6.92 Å². The summed E-state index contributed by atoms with van der Waals surface area (Å²) in [7, 11) is 0. The molecular weight excluding hydrogens is 314 g/mol. The van der Waals surface area contributed by atoms with Crippen LogP contribution in [0.3, 0.4) is 0 Å². The smallest absolute Gasteiger partial charge is 0.327 e. The summed E-state index contributed by atoms with van der Waals surface area (Å²) >= 11 is 3.73. The molecule has 0 unspecified atom stereocenters. The van der Waals surface area contributed by atoms with Crippen LogP contribution in [0, 0.1) is 0 Å². The first kappa shape index (κ1) is 36.0. The van der Waals surface area contributed by atoms with E-state index in [1.807, 2.05) is 0 Å². The second-order valence-corrected chi connectivity index (χ2v) is 2.14. The highest BCUT2D eigenvalue weighted by atomic mass is 32.1. The largest absolute Gasteiger partial charge is 0.480 e. The van der Waals surface area contributed by atoms with Gasteiger partial charge in [0.1, 0.15) is 6.04 Å². The van der Waals surface area contributed by atoms with Gasteiger partial charge in [0.15, 0.2) is 0 Å². The summed E-state index contributed by atoms with van der Waals surface area (Å²) in [4.78, 5) is 20.5. The van der Waals surface area contributed by atoms with E-state index in [1.54, 1.807) is 0 Å². The molecule has 10 heteroatoms. The highest BCUT2D eigenvalue weighted by molar-refractivity contribution is 7.80. The lowest BCUT2D eigenvalue weighted by Crippen LogP contribution is -2.40. The number of carbonyl (C=O) groups excluding carboxylic acids is 1. The van der Waals surface area contributed by atoms with Gasteiger partial charge in [0.05, 0.1) is 0 Å². The molecule has 0 rings (SSSR count). The quantitative estimate of drug-likeness (QED) is 0.640. The second kappa shape index (κ2) is 20.5. The third-order valence-electron chi connectivity index (χ3n) is 0.858. The maximum atomic E-state index is 10.3. The molecule has 0 saturated carbocycles. The fraction of sp³-hybridized carbons (Fsp3) is 0.600. The highest BCUT2D eigenvalue weighted by Crippen LogP contribution is 1.86. The standard InChI is InChI=1S/C5H9NO3S.5H2S/c1-3(7)6-4(2-10)5(8)9;;;;;/h4,10H,2H2,1H3,(H,6,7)(H,8,9);5*1H2/t4-;;;;;/m0...../s1. The van der Waals surface area contributed by atoms with Gasteiger partial charge in [-0.1, -0.05) is 0 Å². The SMILES string of the molecule is CC(=O)N[C@@H](CS)C(=O)O.S.S.S.S.S. The van der Waals surface area contributed by atoms with E-state index >= 15 is 0 Å². The molecule has 0 aliphatic carbocycles. The average molecular weight is 334 g/mol. The van der Waals surface area contributed by atoms with Gasteiger partial charge >= 0.3 is 5.97 Å². The number of thiol groups is 1. The monoisotopic (exact) mass is 333 g/mol. The van der Waals surface area contributed by atoms with Crippen molar-refractivity contribution in [1.82, 2.24) is 5.32 Å². The van der Waals surface area contributed by atoms with Gasteiger partial charge in [0.25, 0.3) is 0 Å². The fourth-order valence-corrected chi connectivity index (χ4v) is 0.678. The van der Waals surface area contributed by atoms with E-state index in [-0.39, 0.29) is 79.1 Å². The molecule has 0 aromatic carbocycles. The molecule has 0 fully saturated rings. The molecule has 2 N–H and O–H groups in total. The van der Waals surface area contributed by atoms with Gasteiger partial charge in [-0.2, -0.15) is 80.1 Å². The Morgan fingerprint density at radius 2 is 1.53 bits per heavy atom. The lowest BCUT2D eigenvalue weighted by molar-refractivity contribution is -0.140. The number of carboxylic acids is 1. The van der Waals surface area contributed by atoms with Crippen molar-refractivity contribution in [3.8, 4) is 0 Å². The van der Waals surface area contributed by atoms with Crippen LogP contribution in [0.2, 0.25) is 0 Å². The van der Waals surface area contributed by atoms with Gasteiger partial charge in [-0.15, -0.1) is 0 Å². The zero-order valence-electron chi connectivity index (χ0n) is 8.00. The minimum atomic E-state index is -1.06. The van der Waals surface area contributed by atoms with Gasteiger partial charge in [0.2, 0.25) is 5.91 Å². The zero-order valence-corrected chi connectivity index (χ0v) is 13.9. The molecule has 1 amide bonds. The molecule has 4 nitrogen and oxygen atoms in total. The Morgan fingerprint density at radius 3 is 1.60 bits per heavy atom. The normalized spacial score (nSPS) is 8.13. The van der Waals surface area contributed by atoms with E-state index in [2.05, 4.69) is 17.9 Å². The molecule has 0 aromatic rings. The molecule has 98 valence electrons. The molecular formula is C5H19NO3S6. The summed E-state index contributed by atoms with van der Waals surface area (Å²) in [5.41, 5.74) is 0. The number of aliphatic carboxylic acids is 1. The molecule has 0 heterocycles. The Kier molecular flexibility index (Phi) is 49.1. The van der Waals surface area contributed by atoms with Gasteiger partial charge in [0, 0.05) is 12.7 Å².